The summed E-state index contributed by atoms with van der Waals surface area (Å²) in [6.45, 7) is 0. The molecule has 7 nitrogen and oxygen atoms in total. The number of hydrogen-bond donors (Lipinski definition) is 0. The SMILES string of the molecule is N#Cc1ccc2c(c1)c1cc(C#N)ccc1n2-c1ccc2c(c1)c1ccccc1n2-c1ccc2c(c1)C1(c3ccccc3O2)c2cccnc2-c2ncccc21. The van der Waals surface area contributed by atoms with Gasteiger partial charge < -0.3 is 13.9 Å². The smallest absolute Gasteiger partial charge is 0.132 e. The van der Waals surface area contributed by atoms with E-state index in [0.29, 0.717) is 11.1 Å². The molecular formula is C49H26N6O. The molecule has 1 aliphatic carbocycles. The second-order valence-corrected chi connectivity index (χ2v) is 14.4. The third-order valence-corrected chi connectivity index (χ3v) is 11.7. The Bertz CT molecular complexity index is 3330. The van der Waals surface area contributed by atoms with Crippen molar-refractivity contribution in [3.05, 3.63) is 191 Å². The number of hydrogen-bond acceptors (Lipinski definition) is 5. The Kier molecular flexibility index (Phi) is 5.99. The van der Waals surface area contributed by atoms with Crippen LogP contribution in [0.25, 0.3) is 66.4 Å². The minimum atomic E-state index is -0.688. The number of nitriles is 2. The number of ether oxygens (including phenoxy) is 1. The molecule has 10 aromatic rings. The van der Waals surface area contributed by atoms with Crippen molar-refractivity contribution < 1.29 is 4.74 Å². The highest BCUT2D eigenvalue weighted by molar-refractivity contribution is 6.12. The summed E-state index contributed by atoms with van der Waals surface area (Å²) in [5.74, 6) is 1.62. The van der Waals surface area contributed by atoms with Gasteiger partial charge in [-0.1, -0.05) is 48.5 Å². The van der Waals surface area contributed by atoms with E-state index in [2.05, 4.69) is 106 Å². The highest BCUT2D eigenvalue weighted by atomic mass is 16.5. The summed E-state index contributed by atoms with van der Waals surface area (Å²) in [6.07, 6.45) is 3.69. The van der Waals surface area contributed by atoms with Crippen molar-refractivity contribution >= 4 is 43.6 Å². The van der Waals surface area contributed by atoms with Gasteiger partial charge in [0.2, 0.25) is 0 Å². The second-order valence-electron chi connectivity index (χ2n) is 14.4. The number of benzene rings is 6. The Labute approximate surface area is 320 Å². The van der Waals surface area contributed by atoms with Crippen molar-refractivity contribution in [2.45, 2.75) is 5.41 Å². The van der Waals surface area contributed by atoms with Crippen molar-refractivity contribution in [2.75, 3.05) is 0 Å². The first-order chi connectivity index (χ1) is 27.7. The Morgan fingerprint density at radius 2 is 0.964 bits per heavy atom. The lowest BCUT2D eigenvalue weighted by atomic mass is 9.66. The zero-order chi connectivity index (χ0) is 37.1. The average Bonchev–Trinajstić information content (AvgIpc) is 3.87. The van der Waals surface area contributed by atoms with Gasteiger partial charge in [-0.25, -0.2) is 0 Å². The predicted octanol–water partition coefficient (Wildman–Crippen LogP) is 10.9. The van der Waals surface area contributed by atoms with Gasteiger partial charge in [0.15, 0.2) is 0 Å². The molecule has 0 bridgehead atoms. The molecule has 1 aliphatic heterocycles. The molecular weight excluding hydrogens is 689 g/mol. The van der Waals surface area contributed by atoms with Crippen LogP contribution < -0.4 is 4.74 Å². The maximum Gasteiger partial charge on any atom is 0.132 e. The van der Waals surface area contributed by atoms with Crippen molar-refractivity contribution in [1.29, 1.82) is 10.5 Å². The maximum atomic E-state index is 9.74. The second kappa shape index (κ2) is 11.0. The predicted molar refractivity (Wildman–Crippen MR) is 218 cm³/mol. The van der Waals surface area contributed by atoms with Crippen LogP contribution in [0.2, 0.25) is 0 Å². The first-order valence-electron chi connectivity index (χ1n) is 18.4. The fourth-order valence-corrected chi connectivity index (χ4v) is 9.51. The molecule has 0 saturated carbocycles. The third kappa shape index (κ3) is 3.83. The number of nitrogens with zero attached hydrogens (tertiary/aromatic N) is 6. The zero-order valence-corrected chi connectivity index (χ0v) is 29.6. The van der Waals surface area contributed by atoms with E-state index in [9.17, 15) is 10.5 Å². The molecule has 0 radical (unpaired) electrons. The quantitative estimate of drug-likeness (QED) is 0.178. The van der Waals surface area contributed by atoms with Crippen LogP contribution in [0.5, 0.6) is 11.5 Å². The maximum absolute atomic E-state index is 9.74. The molecule has 12 rings (SSSR count). The molecule has 5 heterocycles. The zero-order valence-electron chi connectivity index (χ0n) is 29.6. The lowest BCUT2D eigenvalue weighted by Gasteiger charge is -2.39. The Balaban J connectivity index is 1.12. The summed E-state index contributed by atoms with van der Waals surface area (Å²) in [5.41, 5.74) is 12.6. The van der Waals surface area contributed by atoms with Crippen LogP contribution in [0, 0.1) is 22.7 Å². The molecule has 0 N–H and O–H groups in total. The van der Waals surface area contributed by atoms with Crippen LogP contribution in [0.1, 0.15) is 33.4 Å². The van der Waals surface area contributed by atoms with E-state index < -0.39 is 5.41 Å². The highest BCUT2D eigenvalue weighted by Crippen LogP contribution is 2.61. The van der Waals surface area contributed by atoms with Gasteiger partial charge in [-0.05, 0) is 108 Å². The Morgan fingerprint density at radius 1 is 0.446 bits per heavy atom. The molecule has 6 aromatic carbocycles. The Hall–Kier alpha value is -8.00. The summed E-state index contributed by atoms with van der Waals surface area (Å²) in [7, 11) is 0. The number of pyridine rings is 2. The van der Waals surface area contributed by atoms with Gasteiger partial charge in [0.25, 0.3) is 0 Å². The summed E-state index contributed by atoms with van der Waals surface area (Å²) in [4.78, 5) is 9.79. The summed E-state index contributed by atoms with van der Waals surface area (Å²) in [5, 5.41) is 23.6. The highest BCUT2D eigenvalue weighted by Gasteiger charge is 2.52. The van der Waals surface area contributed by atoms with Crippen LogP contribution in [0.3, 0.4) is 0 Å². The summed E-state index contributed by atoms with van der Waals surface area (Å²) >= 11 is 0. The number of fused-ring (bicyclic) bond motifs is 15. The molecule has 0 fully saturated rings. The van der Waals surface area contributed by atoms with E-state index in [4.69, 9.17) is 14.7 Å². The summed E-state index contributed by atoms with van der Waals surface area (Å²) < 4.78 is 11.3. The number of para-hydroxylation sites is 2. The van der Waals surface area contributed by atoms with Crippen molar-refractivity contribution in [2.24, 2.45) is 0 Å². The molecule has 2 aliphatic rings. The summed E-state index contributed by atoms with van der Waals surface area (Å²) in [6, 6.07) is 54.5. The lowest BCUT2D eigenvalue weighted by molar-refractivity contribution is 0.436. The van der Waals surface area contributed by atoms with Gasteiger partial charge in [0, 0.05) is 56.4 Å². The van der Waals surface area contributed by atoms with E-state index in [1.165, 1.54) is 0 Å². The van der Waals surface area contributed by atoms with Gasteiger partial charge in [-0.2, -0.15) is 10.5 Å². The molecule has 0 unspecified atom stereocenters. The standard InChI is InChI=1S/C49H26N6O/c50-27-29-13-17-42-34(23-29)35-24-30(28-51)14-18-43(35)54(42)31-15-19-44-36(25-31)33-7-1-3-11-41(33)55(44)32-16-20-46-40(26-32)49(37-8-2-4-12-45(37)56-46)38-9-5-21-52-47(38)48-39(49)10-6-22-53-48/h1-26H. The first-order valence-corrected chi connectivity index (χ1v) is 18.4. The van der Waals surface area contributed by atoms with Crippen LogP contribution >= 0.6 is 0 Å². The Morgan fingerprint density at radius 3 is 1.64 bits per heavy atom. The van der Waals surface area contributed by atoms with Crippen molar-refractivity contribution in [3.63, 3.8) is 0 Å². The molecule has 7 heteroatoms. The van der Waals surface area contributed by atoms with E-state index in [-0.39, 0.29) is 0 Å². The lowest BCUT2D eigenvalue weighted by Crippen LogP contribution is -2.32. The molecule has 1 spiro atoms. The van der Waals surface area contributed by atoms with Crippen LogP contribution in [0.15, 0.2) is 158 Å². The van der Waals surface area contributed by atoms with E-state index >= 15 is 0 Å². The van der Waals surface area contributed by atoms with Crippen molar-refractivity contribution in [3.8, 4) is 46.4 Å². The topological polar surface area (TPSA) is 92.5 Å². The van der Waals surface area contributed by atoms with Gasteiger partial charge in [-0.3, -0.25) is 9.97 Å². The van der Waals surface area contributed by atoms with E-state index in [1.807, 2.05) is 73.1 Å². The number of aromatic nitrogens is 4. The minimum Gasteiger partial charge on any atom is -0.457 e. The molecule has 258 valence electrons. The monoisotopic (exact) mass is 714 g/mol. The molecule has 4 aromatic heterocycles. The fourth-order valence-electron chi connectivity index (χ4n) is 9.51. The van der Waals surface area contributed by atoms with Gasteiger partial charge >= 0.3 is 0 Å². The van der Waals surface area contributed by atoms with E-state index in [1.54, 1.807) is 0 Å². The fraction of sp³-hybridized carbons (Fsp3) is 0.0204. The first kappa shape index (κ1) is 30.5. The number of rotatable bonds is 2. The average molecular weight is 715 g/mol. The van der Waals surface area contributed by atoms with Crippen LogP contribution in [-0.4, -0.2) is 19.1 Å². The van der Waals surface area contributed by atoms with Crippen molar-refractivity contribution in [1.82, 2.24) is 19.1 Å². The largest absolute Gasteiger partial charge is 0.457 e. The molecule has 0 amide bonds. The molecule has 0 saturated heterocycles. The van der Waals surface area contributed by atoms with Gasteiger partial charge in [0.05, 0.1) is 62.1 Å². The normalized spacial score (nSPS) is 13.2. The third-order valence-electron chi connectivity index (χ3n) is 11.7. The minimum absolute atomic E-state index is 0.579. The van der Waals surface area contributed by atoms with Gasteiger partial charge in [-0.15, -0.1) is 0 Å². The van der Waals surface area contributed by atoms with Crippen LogP contribution in [-0.2, 0) is 5.41 Å². The van der Waals surface area contributed by atoms with Gasteiger partial charge in [0.1, 0.15) is 11.5 Å². The van der Waals surface area contributed by atoms with E-state index in [0.717, 1.165) is 100 Å². The molecule has 0 atom stereocenters. The van der Waals surface area contributed by atoms with Crippen LogP contribution in [0.4, 0.5) is 0 Å². The molecule has 56 heavy (non-hydrogen) atoms.